The third-order valence-corrected chi connectivity index (χ3v) is 6.51. The van der Waals surface area contributed by atoms with Crippen molar-refractivity contribution in [3.8, 4) is 11.5 Å². The maximum Gasteiger partial charge on any atom is 0.359 e. The molecule has 0 aliphatic heterocycles. The standard InChI is InChI=1S/C18H24O7P2/c1-13(2)24-26(19,20)17-9-5-7-15(11-17)23-16-8-6-10-18(12-16)27(21,22)25-14(3)4/h5-14H,1-4H3,(H,19,20)(H,21,22). The summed E-state index contributed by atoms with van der Waals surface area (Å²) in [4.78, 5) is 20.1. The minimum absolute atomic E-state index is 0.0980. The van der Waals surface area contributed by atoms with Crippen LogP contribution in [0.15, 0.2) is 48.5 Å². The molecule has 0 saturated carbocycles. The third kappa shape index (κ3) is 6.28. The molecule has 0 radical (unpaired) electrons. The van der Waals surface area contributed by atoms with E-state index < -0.39 is 27.4 Å². The fourth-order valence-electron chi connectivity index (χ4n) is 2.27. The van der Waals surface area contributed by atoms with E-state index >= 15 is 0 Å². The van der Waals surface area contributed by atoms with Crippen LogP contribution in [0.2, 0.25) is 0 Å². The van der Waals surface area contributed by atoms with E-state index in [2.05, 4.69) is 0 Å². The van der Waals surface area contributed by atoms with Gasteiger partial charge in [-0.25, -0.2) is 0 Å². The highest BCUT2D eigenvalue weighted by molar-refractivity contribution is 7.61. The second kappa shape index (κ2) is 8.70. The van der Waals surface area contributed by atoms with Gasteiger partial charge in [0.05, 0.1) is 22.8 Å². The Bertz CT molecular complexity index is 808. The monoisotopic (exact) mass is 414 g/mol. The Balaban J connectivity index is 2.26. The zero-order chi connectivity index (χ0) is 20.2. The number of hydrogen-bond donors (Lipinski definition) is 2. The van der Waals surface area contributed by atoms with Gasteiger partial charge >= 0.3 is 15.2 Å². The Morgan fingerprint density at radius 1 is 0.741 bits per heavy atom. The highest BCUT2D eigenvalue weighted by Crippen LogP contribution is 2.44. The molecule has 2 aromatic rings. The van der Waals surface area contributed by atoms with Gasteiger partial charge in [-0.05, 0) is 64.1 Å². The van der Waals surface area contributed by atoms with E-state index in [0.29, 0.717) is 11.5 Å². The first kappa shape index (κ1) is 21.8. The van der Waals surface area contributed by atoms with Gasteiger partial charge in [-0.2, -0.15) is 0 Å². The molecule has 0 heterocycles. The average molecular weight is 414 g/mol. The van der Waals surface area contributed by atoms with Crippen LogP contribution in [0.5, 0.6) is 11.5 Å². The largest absolute Gasteiger partial charge is 0.457 e. The summed E-state index contributed by atoms with van der Waals surface area (Å²) in [5.74, 6) is 0.590. The van der Waals surface area contributed by atoms with Crippen molar-refractivity contribution < 1.29 is 32.7 Å². The van der Waals surface area contributed by atoms with Crippen LogP contribution in [0.25, 0.3) is 0 Å². The molecule has 27 heavy (non-hydrogen) atoms. The smallest absolute Gasteiger partial charge is 0.359 e. The van der Waals surface area contributed by atoms with Gasteiger partial charge in [0.15, 0.2) is 0 Å². The second-order valence-corrected chi connectivity index (χ2v) is 9.98. The van der Waals surface area contributed by atoms with Crippen molar-refractivity contribution in [1.82, 2.24) is 0 Å². The van der Waals surface area contributed by atoms with Gasteiger partial charge in [0.25, 0.3) is 0 Å². The molecule has 0 spiro atoms. The topological polar surface area (TPSA) is 102 Å². The van der Waals surface area contributed by atoms with E-state index in [1.165, 1.54) is 24.3 Å². The summed E-state index contributed by atoms with van der Waals surface area (Å²) >= 11 is 0. The first-order chi connectivity index (χ1) is 12.5. The molecular weight excluding hydrogens is 390 g/mol. The predicted molar refractivity (Wildman–Crippen MR) is 104 cm³/mol. The maximum atomic E-state index is 12.3. The molecular formula is C18H24O7P2. The van der Waals surface area contributed by atoms with Gasteiger partial charge in [0.2, 0.25) is 0 Å². The molecule has 7 nitrogen and oxygen atoms in total. The molecule has 2 unspecified atom stereocenters. The SMILES string of the molecule is CC(C)OP(=O)(O)c1cccc(Oc2cccc(P(=O)(O)OC(C)C)c2)c1. The molecule has 148 valence electrons. The van der Waals surface area contributed by atoms with Gasteiger partial charge in [0.1, 0.15) is 11.5 Å². The van der Waals surface area contributed by atoms with E-state index in [9.17, 15) is 18.9 Å². The quantitative estimate of drug-likeness (QED) is 0.631. The maximum absolute atomic E-state index is 12.3. The average Bonchev–Trinajstić information content (AvgIpc) is 2.53. The van der Waals surface area contributed by atoms with E-state index in [1.54, 1.807) is 52.0 Å². The number of rotatable bonds is 8. The van der Waals surface area contributed by atoms with Crippen molar-refractivity contribution in [3.05, 3.63) is 48.5 Å². The number of ether oxygens (including phenoxy) is 1. The fourth-order valence-corrected chi connectivity index (χ4v) is 4.79. The number of benzene rings is 2. The normalized spacial score (nSPS) is 16.1. The zero-order valence-electron chi connectivity index (χ0n) is 15.6. The van der Waals surface area contributed by atoms with Crippen LogP contribution in [0, 0.1) is 0 Å². The van der Waals surface area contributed by atoms with Crippen molar-refractivity contribution in [2.45, 2.75) is 39.9 Å². The minimum atomic E-state index is -3.97. The van der Waals surface area contributed by atoms with E-state index in [4.69, 9.17) is 13.8 Å². The van der Waals surface area contributed by atoms with Crippen LogP contribution in [-0.2, 0) is 18.2 Å². The predicted octanol–water partition coefficient (Wildman–Crippen LogP) is 3.95. The summed E-state index contributed by atoms with van der Waals surface area (Å²) < 4.78 is 40.5. The highest BCUT2D eigenvalue weighted by atomic mass is 31.2. The van der Waals surface area contributed by atoms with Gasteiger partial charge in [-0.15, -0.1) is 0 Å². The Hall–Kier alpha value is -1.46. The minimum Gasteiger partial charge on any atom is -0.457 e. The summed E-state index contributed by atoms with van der Waals surface area (Å²) in [6.45, 7) is 6.67. The first-order valence-electron chi connectivity index (χ1n) is 8.41. The van der Waals surface area contributed by atoms with E-state index in [-0.39, 0.29) is 10.6 Å². The van der Waals surface area contributed by atoms with Crippen LogP contribution in [0.3, 0.4) is 0 Å². The van der Waals surface area contributed by atoms with Gasteiger partial charge in [-0.3, -0.25) is 9.13 Å². The molecule has 0 aromatic heterocycles. The van der Waals surface area contributed by atoms with Gasteiger partial charge in [-0.1, -0.05) is 12.1 Å². The Morgan fingerprint density at radius 2 is 1.11 bits per heavy atom. The molecule has 0 fully saturated rings. The summed E-state index contributed by atoms with van der Waals surface area (Å²) in [6.07, 6.45) is -0.830. The van der Waals surface area contributed by atoms with Gasteiger partial charge in [0, 0.05) is 0 Å². The van der Waals surface area contributed by atoms with Gasteiger partial charge < -0.3 is 23.6 Å². The van der Waals surface area contributed by atoms with Crippen molar-refractivity contribution >= 4 is 25.8 Å². The molecule has 2 atom stereocenters. The molecule has 0 saturated heterocycles. The third-order valence-electron chi connectivity index (χ3n) is 3.23. The molecule has 0 bridgehead atoms. The van der Waals surface area contributed by atoms with Crippen molar-refractivity contribution in [3.63, 3.8) is 0 Å². The van der Waals surface area contributed by atoms with Crippen LogP contribution in [0.1, 0.15) is 27.7 Å². The Kier molecular flexibility index (Phi) is 7.03. The summed E-state index contributed by atoms with van der Waals surface area (Å²) in [7, 11) is -7.94. The lowest BCUT2D eigenvalue weighted by Crippen LogP contribution is -2.12. The lowest BCUT2D eigenvalue weighted by Gasteiger charge is -2.17. The van der Waals surface area contributed by atoms with E-state index in [0.717, 1.165) is 0 Å². The summed E-state index contributed by atoms with van der Waals surface area (Å²) in [5, 5.41) is 0.196. The molecule has 0 amide bonds. The highest BCUT2D eigenvalue weighted by Gasteiger charge is 2.26. The molecule has 0 aliphatic carbocycles. The molecule has 2 rings (SSSR count). The first-order valence-corrected chi connectivity index (χ1v) is 11.6. The van der Waals surface area contributed by atoms with Crippen LogP contribution in [0.4, 0.5) is 0 Å². The summed E-state index contributed by atoms with van der Waals surface area (Å²) in [6, 6.07) is 12.1. The fraction of sp³-hybridized carbons (Fsp3) is 0.333. The Labute approximate surface area is 159 Å². The molecule has 9 heteroatoms. The number of hydrogen-bond acceptors (Lipinski definition) is 5. The Morgan fingerprint density at radius 3 is 1.44 bits per heavy atom. The van der Waals surface area contributed by atoms with Crippen LogP contribution >= 0.6 is 15.2 Å². The summed E-state index contributed by atoms with van der Waals surface area (Å²) in [5.41, 5.74) is 0. The van der Waals surface area contributed by atoms with Crippen LogP contribution in [-0.4, -0.2) is 22.0 Å². The van der Waals surface area contributed by atoms with E-state index in [1.807, 2.05) is 0 Å². The van der Waals surface area contributed by atoms with Crippen molar-refractivity contribution in [1.29, 1.82) is 0 Å². The zero-order valence-corrected chi connectivity index (χ0v) is 17.4. The molecule has 2 N–H and O–H groups in total. The second-order valence-electron chi connectivity index (χ2n) is 6.45. The van der Waals surface area contributed by atoms with Crippen molar-refractivity contribution in [2.75, 3.05) is 0 Å². The van der Waals surface area contributed by atoms with Crippen LogP contribution < -0.4 is 15.3 Å². The van der Waals surface area contributed by atoms with Crippen molar-refractivity contribution in [2.24, 2.45) is 0 Å². The molecule has 0 aliphatic rings. The lowest BCUT2D eigenvalue weighted by molar-refractivity contribution is 0.211. The molecule has 2 aromatic carbocycles. The lowest BCUT2D eigenvalue weighted by atomic mass is 10.3.